The summed E-state index contributed by atoms with van der Waals surface area (Å²) in [6.07, 6.45) is 1.86. The third-order valence-corrected chi connectivity index (χ3v) is 2.35. The zero-order valence-electron chi connectivity index (χ0n) is 7.47. The van der Waals surface area contributed by atoms with Crippen molar-refractivity contribution in [1.82, 2.24) is 0 Å². The molecule has 0 aliphatic carbocycles. The Labute approximate surface area is 89.9 Å². The smallest absolute Gasteiger partial charge is 0.0232 e. The van der Waals surface area contributed by atoms with Gasteiger partial charge in [-0.25, -0.2) is 0 Å². The highest BCUT2D eigenvalue weighted by atomic mass is 35.5. The van der Waals surface area contributed by atoms with Crippen molar-refractivity contribution >= 4 is 23.2 Å². The fraction of sp³-hybridized carbons (Fsp3) is 0.364. The molecule has 0 N–H and O–H groups in total. The van der Waals surface area contributed by atoms with E-state index in [1.165, 1.54) is 11.5 Å². The van der Waals surface area contributed by atoms with Crippen LogP contribution in [0.4, 0.5) is 0 Å². The molecule has 0 heterocycles. The van der Waals surface area contributed by atoms with Gasteiger partial charge in [-0.3, -0.25) is 0 Å². The van der Waals surface area contributed by atoms with E-state index in [9.17, 15) is 0 Å². The zero-order chi connectivity index (χ0) is 9.52. The highest BCUT2D eigenvalue weighted by Gasteiger charge is 2.09. The van der Waals surface area contributed by atoms with E-state index < -0.39 is 0 Å². The van der Waals surface area contributed by atoms with Gasteiger partial charge in [0, 0.05) is 17.7 Å². The molecule has 0 spiro atoms. The predicted octanol–water partition coefficient (Wildman–Crippen LogP) is 3.87. The third-order valence-electron chi connectivity index (χ3n) is 1.97. The van der Waals surface area contributed by atoms with E-state index in [0.29, 0.717) is 11.8 Å². The summed E-state index contributed by atoms with van der Waals surface area (Å²) in [6, 6.07) is 10.3. The lowest BCUT2D eigenvalue weighted by Gasteiger charge is -2.13. The second-order valence-electron chi connectivity index (χ2n) is 2.85. The van der Waals surface area contributed by atoms with Crippen molar-refractivity contribution in [2.75, 3.05) is 11.8 Å². The van der Waals surface area contributed by atoms with Crippen LogP contribution in [-0.2, 0) is 0 Å². The van der Waals surface area contributed by atoms with Crippen LogP contribution in [0.1, 0.15) is 18.4 Å². The summed E-state index contributed by atoms with van der Waals surface area (Å²) in [7, 11) is 0. The van der Waals surface area contributed by atoms with Gasteiger partial charge in [-0.05, 0) is 18.4 Å². The van der Waals surface area contributed by atoms with Crippen LogP contribution in [-0.4, -0.2) is 11.8 Å². The van der Waals surface area contributed by atoms with Crippen LogP contribution in [0.2, 0.25) is 0 Å². The summed E-state index contributed by atoms with van der Waals surface area (Å²) < 4.78 is 0. The van der Waals surface area contributed by atoms with Crippen LogP contribution in [0, 0.1) is 5.92 Å². The summed E-state index contributed by atoms with van der Waals surface area (Å²) in [6.45, 7) is 0. The summed E-state index contributed by atoms with van der Waals surface area (Å²) in [5, 5.41) is 0. The van der Waals surface area contributed by atoms with Crippen molar-refractivity contribution in [1.29, 1.82) is 0 Å². The molecule has 0 aromatic heterocycles. The molecule has 71 valence electrons. The predicted molar refractivity (Wildman–Crippen MR) is 59.5 cm³/mol. The first-order chi connectivity index (χ1) is 6.38. The van der Waals surface area contributed by atoms with Crippen molar-refractivity contribution in [3.05, 3.63) is 41.8 Å². The minimum Gasteiger partial charge on any atom is -0.127 e. The quantitative estimate of drug-likeness (QED) is 0.655. The molecule has 0 unspecified atom stereocenters. The van der Waals surface area contributed by atoms with Gasteiger partial charge in [0.1, 0.15) is 0 Å². The van der Waals surface area contributed by atoms with Crippen LogP contribution in [0.15, 0.2) is 30.3 Å². The third kappa shape index (κ3) is 3.58. The molecule has 1 radical (unpaired) electrons. The Morgan fingerprint density at radius 3 is 1.92 bits per heavy atom. The molecule has 13 heavy (non-hydrogen) atoms. The molecule has 1 rings (SSSR count). The standard InChI is InChI=1S/C11H13Cl2/c12-8-6-11(7-9-13)10-4-2-1-3-5-10/h1-5H,6-9H2. The first kappa shape index (κ1) is 10.9. The van der Waals surface area contributed by atoms with E-state index >= 15 is 0 Å². The number of hydrogen-bond donors (Lipinski definition) is 0. The van der Waals surface area contributed by atoms with Crippen molar-refractivity contribution in [3.8, 4) is 0 Å². The van der Waals surface area contributed by atoms with Gasteiger partial charge < -0.3 is 0 Å². The molecule has 0 amide bonds. The summed E-state index contributed by atoms with van der Waals surface area (Å²) in [4.78, 5) is 0. The lowest BCUT2D eigenvalue weighted by Crippen LogP contribution is -2.01. The Morgan fingerprint density at radius 1 is 0.923 bits per heavy atom. The maximum Gasteiger partial charge on any atom is 0.0232 e. The van der Waals surface area contributed by atoms with Crippen LogP contribution < -0.4 is 0 Å². The van der Waals surface area contributed by atoms with Gasteiger partial charge in [-0.15, -0.1) is 23.2 Å². The summed E-state index contributed by atoms with van der Waals surface area (Å²) in [5.74, 6) is 2.69. The van der Waals surface area contributed by atoms with E-state index in [4.69, 9.17) is 23.2 Å². The van der Waals surface area contributed by atoms with E-state index in [2.05, 4.69) is 12.1 Å². The molecule has 1 aromatic rings. The molecule has 0 atom stereocenters. The van der Waals surface area contributed by atoms with Gasteiger partial charge in [0.15, 0.2) is 0 Å². The van der Waals surface area contributed by atoms with Gasteiger partial charge >= 0.3 is 0 Å². The summed E-state index contributed by atoms with van der Waals surface area (Å²) >= 11 is 11.4. The van der Waals surface area contributed by atoms with Gasteiger partial charge in [0.25, 0.3) is 0 Å². The average Bonchev–Trinajstić information content (AvgIpc) is 2.19. The first-order valence-corrected chi connectivity index (χ1v) is 5.47. The monoisotopic (exact) mass is 215 g/mol. The number of alkyl halides is 2. The maximum atomic E-state index is 5.72. The van der Waals surface area contributed by atoms with Crippen molar-refractivity contribution in [3.63, 3.8) is 0 Å². The van der Waals surface area contributed by atoms with E-state index in [-0.39, 0.29) is 0 Å². The number of halogens is 2. The molecule has 0 nitrogen and oxygen atoms in total. The highest BCUT2D eigenvalue weighted by Crippen LogP contribution is 2.22. The van der Waals surface area contributed by atoms with E-state index in [1.54, 1.807) is 0 Å². The molecule has 2 heteroatoms. The van der Waals surface area contributed by atoms with Gasteiger partial charge in [-0.2, -0.15) is 0 Å². The SMILES string of the molecule is ClCC[C](CCCl)c1ccccc1. The Balaban J connectivity index is 2.64. The fourth-order valence-electron chi connectivity index (χ4n) is 1.32. The summed E-state index contributed by atoms with van der Waals surface area (Å²) in [5.41, 5.74) is 1.27. The molecule has 0 aliphatic heterocycles. The minimum absolute atomic E-state index is 0.668. The molecular weight excluding hydrogens is 203 g/mol. The molecule has 0 bridgehead atoms. The molecule has 1 aromatic carbocycles. The van der Waals surface area contributed by atoms with Crippen molar-refractivity contribution in [2.45, 2.75) is 12.8 Å². The van der Waals surface area contributed by atoms with Gasteiger partial charge in [0.05, 0.1) is 0 Å². The lowest BCUT2D eigenvalue weighted by molar-refractivity contribution is 0.858. The largest absolute Gasteiger partial charge is 0.127 e. The zero-order valence-corrected chi connectivity index (χ0v) is 8.98. The van der Waals surface area contributed by atoms with Crippen molar-refractivity contribution < 1.29 is 0 Å². The maximum absolute atomic E-state index is 5.72. The molecular formula is C11H13Cl2. The molecule has 0 aliphatic rings. The second kappa shape index (κ2) is 6.28. The van der Waals surface area contributed by atoms with Crippen LogP contribution in [0.25, 0.3) is 0 Å². The Hall–Kier alpha value is -0.200. The van der Waals surface area contributed by atoms with E-state index in [0.717, 1.165) is 12.8 Å². The fourth-order valence-corrected chi connectivity index (χ4v) is 1.77. The second-order valence-corrected chi connectivity index (χ2v) is 3.60. The average molecular weight is 216 g/mol. The first-order valence-electron chi connectivity index (χ1n) is 4.40. The topological polar surface area (TPSA) is 0 Å². The number of rotatable bonds is 5. The Bertz CT molecular complexity index is 215. The Morgan fingerprint density at radius 2 is 1.46 bits per heavy atom. The van der Waals surface area contributed by atoms with Crippen molar-refractivity contribution in [2.24, 2.45) is 0 Å². The Kier molecular flexibility index (Phi) is 5.26. The molecule has 0 fully saturated rings. The number of hydrogen-bond acceptors (Lipinski definition) is 0. The molecule has 0 saturated carbocycles. The van der Waals surface area contributed by atoms with Crippen LogP contribution in [0.5, 0.6) is 0 Å². The minimum atomic E-state index is 0.668. The van der Waals surface area contributed by atoms with Crippen LogP contribution >= 0.6 is 23.2 Å². The van der Waals surface area contributed by atoms with Gasteiger partial charge in [0.2, 0.25) is 0 Å². The molecule has 0 saturated heterocycles. The van der Waals surface area contributed by atoms with Crippen LogP contribution in [0.3, 0.4) is 0 Å². The van der Waals surface area contributed by atoms with Gasteiger partial charge in [-0.1, -0.05) is 30.3 Å². The lowest BCUT2D eigenvalue weighted by atomic mass is 9.94. The number of benzene rings is 1. The highest BCUT2D eigenvalue weighted by molar-refractivity contribution is 6.18. The normalized spacial score (nSPS) is 10.7. The van der Waals surface area contributed by atoms with E-state index in [1.807, 2.05) is 18.2 Å².